The van der Waals surface area contributed by atoms with Crippen LogP contribution in [0.3, 0.4) is 0 Å². The molecule has 1 aromatic rings. The van der Waals surface area contributed by atoms with Crippen LogP contribution >= 0.6 is 0 Å². The zero-order valence-electron chi connectivity index (χ0n) is 6.86. The van der Waals surface area contributed by atoms with Gasteiger partial charge in [-0.1, -0.05) is 18.2 Å². The summed E-state index contributed by atoms with van der Waals surface area (Å²) < 4.78 is 0. The Balaban J connectivity index is 2.59. The van der Waals surface area contributed by atoms with Crippen LogP contribution in [0.25, 0.3) is 0 Å². The normalized spacial score (nSPS) is 9.85. The molecular formula is C10H8NO2. The van der Waals surface area contributed by atoms with E-state index in [0.29, 0.717) is 5.56 Å². The minimum absolute atomic E-state index is 0.243. The van der Waals surface area contributed by atoms with Gasteiger partial charge >= 0.3 is 0 Å². The lowest BCUT2D eigenvalue weighted by molar-refractivity contribution is 0.0970. The molecule has 0 spiro atoms. The highest BCUT2D eigenvalue weighted by Crippen LogP contribution is 1.97. The molecule has 0 aromatic heterocycles. The van der Waals surface area contributed by atoms with Crippen LogP contribution in [0, 0.1) is 0 Å². The van der Waals surface area contributed by atoms with Gasteiger partial charge in [0.1, 0.15) is 0 Å². The fourth-order valence-electron chi connectivity index (χ4n) is 0.824. The third-order valence-electron chi connectivity index (χ3n) is 1.40. The fraction of sp³-hybridized carbons (Fsp3) is 0. The summed E-state index contributed by atoms with van der Waals surface area (Å²) in [6.45, 7) is 0. The monoisotopic (exact) mass is 174 g/mol. The molecule has 1 aromatic carbocycles. The van der Waals surface area contributed by atoms with Crippen LogP contribution in [0.15, 0.2) is 42.6 Å². The van der Waals surface area contributed by atoms with Gasteiger partial charge in [-0.2, -0.15) is 0 Å². The first-order valence-corrected chi connectivity index (χ1v) is 3.73. The van der Waals surface area contributed by atoms with Crippen molar-refractivity contribution in [3.05, 3.63) is 48.2 Å². The largest absolute Gasteiger partial charge is 0.328 e. The maximum absolute atomic E-state index is 11.2. The summed E-state index contributed by atoms with van der Waals surface area (Å²) in [7, 11) is 0. The number of hydrogen-bond donors (Lipinski definition) is 1. The molecule has 0 atom stereocenters. The van der Waals surface area contributed by atoms with Crippen molar-refractivity contribution in [2.24, 2.45) is 0 Å². The summed E-state index contributed by atoms with van der Waals surface area (Å²) >= 11 is 0. The average Bonchev–Trinajstić information content (AvgIpc) is 2.19. The van der Waals surface area contributed by atoms with E-state index in [0.717, 1.165) is 6.08 Å². The van der Waals surface area contributed by atoms with E-state index in [1.807, 2.05) is 6.07 Å². The molecule has 65 valence electrons. The molecule has 0 saturated carbocycles. The lowest BCUT2D eigenvalue weighted by Crippen LogP contribution is -2.16. The van der Waals surface area contributed by atoms with Crippen LogP contribution in [0.5, 0.6) is 0 Å². The Kier molecular flexibility index (Phi) is 3.45. The second kappa shape index (κ2) is 4.87. The van der Waals surface area contributed by atoms with Gasteiger partial charge < -0.3 is 5.32 Å². The molecule has 1 rings (SSSR count). The van der Waals surface area contributed by atoms with Crippen molar-refractivity contribution in [2.45, 2.75) is 0 Å². The van der Waals surface area contributed by atoms with Gasteiger partial charge in [-0.3, -0.25) is 9.59 Å². The van der Waals surface area contributed by atoms with Crippen molar-refractivity contribution in [1.29, 1.82) is 0 Å². The van der Waals surface area contributed by atoms with E-state index < -0.39 is 0 Å². The van der Waals surface area contributed by atoms with Gasteiger partial charge in [0.2, 0.25) is 6.29 Å². The van der Waals surface area contributed by atoms with Gasteiger partial charge in [-0.15, -0.1) is 0 Å². The van der Waals surface area contributed by atoms with Crippen molar-refractivity contribution in [3.63, 3.8) is 0 Å². The zero-order valence-corrected chi connectivity index (χ0v) is 6.86. The SMILES string of the molecule is O=[C]C=CNC(=O)c1ccccc1. The Hall–Kier alpha value is -1.90. The van der Waals surface area contributed by atoms with Crippen molar-refractivity contribution < 1.29 is 9.59 Å². The van der Waals surface area contributed by atoms with E-state index in [2.05, 4.69) is 5.32 Å². The van der Waals surface area contributed by atoms with Gasteiger partial charge in [0, 0.05) is 17.8 Å². The molecule has 3 nitrogen and oxygen atoms in total. The van der Waals surface area contributed by atoms with Crippen LogP contribution in [0.4, 0.5) is 0 Å². The maximum atomic E-state index is 11.2. The minimum Gasteiger partial charge on any atom is -0.328 e. The quantitative estimate of drug-likeness (QED) is 0.696. The molecule has 0 saturated heterocycles. The standard InChI is InChI=1S/C10H8NO2/c12-8-4-7-11-10(13)9-5-2-1-3-6-9/h1-7H,(H,11,13). The number of hydrogen-bond acceptors (Lipinski definition) is 2. The zero-order chi connectivity index (χ0) is 9.52. The Labute approximate surface area is 76.1 Å². The predicted octanol–water partition coefficient (Wildman–Crippen LogP) is 1.04. The lowest BCUT2D eigenvalue weighted by atomic mass is 10.2. The first-order chi connectivity index (χ1) is 6.34. The molecule has 0 aliphatic carbocycles. The highest BCUT2D eigenvalue weighted by Gasteiger charge is 1.99. The van der Waals surface area contributed by atoms with E-state index in [1.165, 1.54) is 12.5 Å². The smallest absolute Gasteiger partial charge is 0.255 e. The summed E-state index contributed by atoms with van der Waals surface area (Å²) in [5, 5.41) is 2.42. The fourth-order valence-corrected chi connectivity index (χ4v) is 0.824. The van der Waals surface area contributed by atoms with Gasteiger partial charge in [0.25, 0.3) is 5.91 Å². The van der Waals surface area contributed by atoms with Crippen molar-refractivity contribution >= 4 is 12.2 Å². The summed E-state index contributed by atoms with van der Waals surface area (Å²) in [5.41, 5.74) is 0.554. The van der Waals surface area contributed by atoms with E-state index in [1.54, 1.807) is 24.3 Å². The number of amides is 1. The third-order valence-corrected chi connectivity index (χ3v) is 1.40. The molecule has 0 aliphatic rings. The number of carbonyl (C=O) groups excluding carboxylic acids is 2. The summed E-state index contributed by atoms with van der Waals surface area (Å²) in [6, 6.07) is 8.74. The Bertz CT molecular complexity index is 317. The van der Waals surface area contributed by atoms with Crippen LogP contribution < -0.4 is 5.32 Å². The van der Waals surface area contributed by atoms with Crippen molar-refractivity contribution in [3.8, 4) is 0 Å². The van der Waals surface area contributed by atoms with Gasteiger partial charge in [-0.05, 0) is 12.1 Å². The Morgan fingerprint density at radius 1 is 1.31 bits per heavy atom. The molecule has 1 N–H and O–H groups in total. The topological polar surface area (TPSA) is 46.2 Å². The molecule has 0 unspecified atom stereocenters. The van der Waals surface area contributed by atoms with Crippen LogP contribution in [0.2, 0.25) is 0 Å². The van der Waals surface area contributed by atoms with E-state index >= 15 is 0 Å². The van der Waals surface area contributed by atoms with E-state index in [9.17, 15) is 9.59 Å². The molecule has 1 amide bonds. The maximum Gasteiger partial charge on any atom is 0.255 e. The Morgan fingerprint density at radius 2 is 2.00 bits per heavy atom. The average molecular weight is 174 g/mol. The van der Waals surface area contributed by atoms with Gasteiger partial charge in [0.05, 0.1) is 0 Å². The number of nitrogens with one attached hydrogen (secondary N) is 1. The lowest BCUT2D eigenvalue weighted by Gasteiger charge is -1.97. The highest BCUT2D eigenvalue weighted by atomic mass is 16.1. The first-order valence-electron chi connectivity index (χ1n) is 3.73. The molecule has 0 aliphatic heterocycles. The molecule has 0 heterocycles. The van der Waals surface area contributed by atoms with Crippen molar-refractivity contribution in [2.75, 3.05) is 0 Å². The molecule has 0 fully saturated rings. The molecule has 0 bridgehead atoms. The number of allylic oxidation sites excluding steroid dienone is 1. The van der Waals surface area contributed by atoms with Crippen LogP contribution in [-0.2, 0) is 4.79 Å². The number of rotatable bonds is 3. The molecular weight excluding hydrogens is 166 g/mol. The number of benzene rings is 1. The van der Waals surface area contributed by atoms with Crippen LogP contribution in [0.1, 0.15) is 10.4 Å². The molecule has 1 radical (unpaired) electrons. The first kappa shape index (κ1) is 9.19. The van der Waals surface area contributed by atoms with Crippen molar-refractivity contribution in [1.82, 2.24) is 5.32 Å². The second-order valence-electron chi connectivity index (χ2n) is 2.29. The Morgan fingerprint density at radius 3 is 2.62 bits per heavy atom. The van der Waals surface area contributed by atoms with E-state index in [-0.39, 0.29) is 5.91 Å². The van der Waals surface area contributed by atoms with E-state index in [4.69, 9.17) is 0 Å². The summed E-state index contributed by atoms with van der Waals surface area (Å²) in [4.78, 5) is 21.0. The summed E-state index contributed by atoms with van der Waals surface area (Å²) in [5.74, 6) is -0.243. The minimum atomic E-state index is -0.243. The van der Waals surface area contributed by atoms with Gasteiger partial charge in [0.15, 0.2) is 0 Å². The summed E-state index contributed by atoms with van der Waals surface area (Å²) in [6.07, 6.45) is 3.88. The molecule has 3 heteroatoms. The number of carbonyl (C=O) groups is 1. The third kappa shape index (κ3) is 2.91. The predicted molar refractivity (Wildman–Crippen MR) is 48.7 cm³/mol. The molecule has 13 heavy (non-hydrogen) atoms. The highest BCUT2D eigenvalue weighted by molar-refractivity contribution is 5.94. The van der Waals surface area contributed by atoms with Crippen LogP contribution in [-0.4, -0.2) is 12.2 Å². The second-order valence-corrected chi connectivity index (χ2v) is 2.29. The van der Waals surface area contributed by atoms with Gasteiger partial charge in [-0.25, -0.2) is 0 Å².